The Labute approximate surface area is 143 Å². The fraction of sp³-hybridized carbons (Fsp3) is 0.579. The second kappa shape index (κ2) is 8.81. The van der Waals surface area contributed by atoms with Crippen molar-refractivity contribution in [3.05, 3.63) is 35.6 Å². The van der Waals surface area contributed by atoms with Gasteiger partial charge in [0.15, 0.2) is 0 Å². The molecule has 1 atom stereocenters. The number of halogens is 1. The number of hydrogen-bond acceptors (Lipinski definition) is 2. The number of amides is 2. The molecule has 0 aromatic heterocycles. The van der Waals surface area contributed by atoms with Crippen molar-refractivity contribution in [2.45, 2.75) is 39.5 Å². The molecule has 4 nitrogen and oxygen atoms in total. The molecule has 2 rings (SSSR count). The molecule has 0 spiro atoms. The topological polar surface area (TPSA) is 40.6 Å². The van der Waals surface area contributed by atoms with E-state index in [4.69, 9.17) is 0 Å². The molecule has 0 bridgehead atoms. The van der Waals surface area contributed by atoms with Crippen LogP contribution in [0.4, 0.5) is 4.39 Å². The Morgan fingerprint density at radius 2 is 1.75 bits per heavy atom. The van der Waals surface area contributed by atoms with E-state index in [-0.39, 0.29) is 23.5 Å². The van der Waals surface area contributed by atoms with E-state index in [1.54, 1.807) is 23.1 Å². The summed E-state index contributed by atoms with van der Waals surface area (Å²) < 4.78 is 13.7. The summed E-state index contributed by atoms with van der Waals surface area (Å²) in [6.45, 7) is 6.24. The molecule has 2 amide bonds. The van der Waals surface area contributed by atoms with Crippen molar-refractivity contribution in [3.8, 4) is 0 Å². The summed E-state index contributed by atoms with van der Waals surface area (Å²) >= 11 is 0. The van der Waals surface area contributed by atoms with E-state index in [0.29, 0.717) is 44.6 Å². The molecule has 1 aromatic carbocycles. The van der Waals surface area contributed by atoms with E-state index in [2.05, 4.69) is 6.92 Å². The molecule has 1 aliphatic rings. The Morgan fingerprint density at radius 1 is 1.12 bits per heavy atom. The number of rotatable bonds is 6. The monoisotopic (exact) mass is 334 g/mol. The van der Waals surface area contributed by atoms with Gasteiger partial charge in [-0.2, -0.15) is 0 Å². The molecule has 1 aliphatic heterocycles. The molecule has 0 N–H and O–H groups in total. The molecule has 1 fully saturated rings. The van der Waals surface area contributed by atoms with Gasteiger partial charge in [0, 0.05) is 38.5 Å². The van der Waals surface area contributed by atoms with Gasteiger partial charge in [-0.15, -0.1) is 0 Å². The highest BCUT2D eigenvalue weighted by Gasteiger charge is 2.27. The SMILES string of the molecule is CCCCC(=O)N1CCN(C(=O)C(C)Cc2ccccc2F)CC1. The molecule has 1 unspecified atom stereocenters. The number of unbranched alkanes of at least 4 members (excludes halogenated alkanes) is 1. The maximum atomic E-state index is 13.7. The Bertz CT molecular complexity index is 568. The van der Waals surface area contributed by atoms with Crippen LogP contribution in [0.3, 0.4) is 0 Å². The molecule has 0 radical (unpaired) electrons. The number of carbonyl (C=O) groups is 2. The third-order valence-corrected chi connectivity index (χ3v) is 4.59. The first-order valence-electron chi connectivity index (χ1n) is 8.83. The lowest BCUT2D eigenvalue weighted by Gasteiger charge is -2.36. The van der Waals surface area contributed by atoms with Gasteiger partial charge in [-0.3, -0.25) is 9.59 Å². The highest BCUT2D eigenvalue weighted by Crippen LogP contribution is 2.16. The first-order chi connectivity index (χ1) is 11.5. The van der Waals surface area contributed by atoms with Crippen LogP contribution in [0.5, 0.6) is 0 Å². The van der Waals surface area contributed by atoms with Crippen LogP contribution >= 0.6 is 0 Å². The molecule has 1 saturated heterocycles. The van der Waals surface area contributed by atoms with Crippen LogP contribution in [0.15, 0.2) is 24.3 Å². The van der Waals surface area contributed by atoms with Gasteiger partial charge >= 0.3 is 0 Å². The Hall–Kier alpha value is -1.91. The van der Waals surface area contributed by atoms with Gasteiger partial charge in [-0.1, -0.05) is 38.5 Å². The zero-order valence-electron chi connectivity index (χ0n) is 14.6. The minimum Gasteiger partial charge on any atom is -0.339 e. The van der Waals surface area contributed by atoms with Crippen LogP contribution in [-0.4, -0.2) is 47.8 Å². The first kappa shape index (κ1) is 18.4. The average molecular weight is 334 g/mol. The van der Waals surface area contributed by atoms with Gasteiger partial charge in [0.1, 0.15) is 5.82 Å². The van der Waals surface area contributed by atoms with Gasteiger partial charge in [0.05, 0.1) is 0 Å². The molecule has 24 heavy (non-hydrogen) atoms. The molecule has 1 aromatic rings. The van der Waals surface area contributed by atoms with Crippen LogP contribution in [0.1, 0.15) is 38.7 Å². The van der Waals surface area contributed by atoms with Crippen molar-refractivity contribution < 1.29 is 14.0 Å². The second-order valence-corrected chi connectivity index (χ2v) is 6.51. The predicted octanol–water partition coefficient (Wildman–Crippen LogP) is 2.87. The quantitative estimate of drug-likeness (QED) is 0.803. The van der Waals surface area contributed by atoms with Crippen molar-refractivity contribution in [3.63, 3.8) is 0 Å². The fourth-order valence-corrected chi connectivity index (χ4v) is 3.06. The molecular weight excluding hydrogens is 307 g/mol. The van der Waals surface area contributed by atoms with Gasteiger partial charge in [0.2, 0.25) is 11.8 Å². The first-order valence-corrected chi connectivity index (χ1v) is 8.83. The lowest BCUT2D eigenvalue weighted by molar-refractivity contribution is -0.141. The van der Waals surface area contributed by atoms with Crippen molar-refractivity contribution in [2.75, 3.05) is 26.2 Å². The number of nitrogens with zero attached hydrogens (tertiary/aromatic N) is 2. The smallest absolute Gasteiger partial charge is 0.225 e. The van der Waals surface area contributed by atoms with Crippen molar-refractivity contribution in [1.82, 2.24) is 9.80 Å². The standard InChI is InChI=1S/C19H27FN2O2/c1-3-4-9-18(23)21-10-12-22(13-11-21)19(24)15(2)14-16-7-5-6-8-17(16)20/h5-8,15H,3-4,9-14H2,1-2H3. The summed E-state index contributed by atoms with van der Waals surface area (Å²) in [5.41, 5.74) is 0.576. The lowest BCUT2D eigenvalue weighted by Crippen LogP contribution is -2.51. The van der Waals surface area contributed by atoms with Crippen molar-refractivity contribution in [1.29, 1.82) is 0 Å². The number of piperazine rings is 1. The van der Waals surface area contributed by atoms with Gasteiger partial charge in [-0.25, -0.2) is 4.39 Å². The average Bonchev–Trinajstić information content (AvgIpc) is 2.61. The maximum Gasteiger partial charge on any atom is 0.225 e. The number of carbonyl (C=O) groups excluding carboxylic acids is 2. The van der Waals surface area contributed by atoms with Gasteiger partial charge in [0.25, 0.3) is 0 Å². The normalized spacial score (nSPS) is 16.1. The zero-order valence-corrected chi connectivity index (χ0v) is 14.6. The highest BCUT2D eigenvalue weighted by atomic mass is 19.1. The number of hydrogen-bond donors (Lipinski definition) is 0. The maximum absolute atomic E-state index is 13.7. The largest absolute Gasteiger partial charge is 0.339 e. The van der Waals surface area contributed by atoms with E-state index in [1.165, 1.54) is 6.07 Å². The molecule has 5 heteroatoms. The predicted molar refractivity (Wildman–Crippen MR) is 92.0 cm³/mol. The van der Waals surface area contributed by atoms with Crippen molar-refractivity contribution in [2.24, 2.45) is 5.92 Å². The summed E-state index contributed by atoms with van der Waals surface area (Å²) in [5.74, 6) is -0.296. The number of benzene rings is 1. The second-order valence-electron chi connectivity index (χ2n) is 6.51. The Balaban J connectivity index is 1.84. The lowest BCUT2D eigenvalue weighted by atomic mass is 9.99. The highest BCUT2D eigenvalue weighted by molar-refractivity contribution is 5.80. The van der Waals surface area contributed by atoms with E-state index in [9.17, 15) is 14.0 Å². The summed E-state index contributed by atoms with van der Waals surface area (Å²) in [6, 6.07) is 6.59. The minimum atomic E-state index is -0.261. The van der Waals surface area contributed by atoms with Crippen molar-refractivity contribution >= 4 is 11.8 Å². The zero-order chi connectivity index (χ0) is 17.5. The molecule has 0 aliphatic carbocycles. The van der Waals surface area contributed by atoms with E-state index in [1.807, 2.05) is 11.8 Å². The van der Waals surface area contributed by atoms with Crippen LogP contribution in [0.2, 0.25) is 0 Å². The third kappa shape index (κ3) is 4.79. The van der Waals surface area contributed by atoms with Gasteiger partial charge < -0.3 is 9.80 Å². The molecular formula is C19H27FN2O2. The summed E-state index contributed by atoms with van der Waals surface area (Å²) in [4.78, 5) is 28.2. The van der Waals surface area contributed by atoms with Crippen LogP contribution in [0.25, 0.3) is 0 Å². The Morgan fingerprint density at radius 3 is 2.38 bits per heavy atom. The summed E-state index contributed by atoms with van der Waals surface area (Å²) in [5, 5.41) is 0. The van der Waals surface area contributed by atoms with E-state index >= 15 is 0 Å². The fourth-order valence-electron chi connectivity index (χ4n) is 3.06. The van der Waals surface area contributed by atoms with Crippen LogP contribution in [-0.2, 0) is 16.0 Å². The molecule has 0 saturated carbocycles. The minimum absolute atomic E-state index is 0.0407. The van der Waals surface area contributed by atoms with E-state index in [0.717, 1.165) is 12.8 Å². The van der Waals surface area contributed by atoms with Gasteiger partial charge in [-0.05, 0) is 24.5 Å². The van der Waals surface area contributed by atoms with Crippen LogP contribution in [0, 0.1) is 11.7 Å². The summed E-state index contributed by atoms with van der Waals surface area (Å²) in [7, 11) is 0. The third-order valence-electron chi connectivity index (χ3n) is 4.59. The summed E-state index contributed by atoms with van der Waals surface area (Å²) in [6.07, 6.45) is 2.92. The molecule has 132 valence electrons. The Kier molecular flexibility index (Phi) is 6.76. The van der Waals surface area contributed by atoms with Crippen LogP contribution < -0.4 is 0 Å². The van der Waals surface area contributed by atoms with E-state index < -0.39 is 0 Å². The molecule has 1 heterocycles.